The predicted molar refractivity (Wildman–Crippen MR) is 136 cm³/mol. The van der Waals surface area contributed by atoms with Gasteiger partial charge >= 0.3 is 11.6 Å². The lowest BCUT2D eigenvalue weighted by Crippen LogP contribution is -2.45. The molecular weight excluding hydrogens is 442 g/mol. The maximum atomic E-state index is 13.0. The zero-order chi connectivity index (χ0) is 25.1. The molecule has 0 saturated heterocycles. The van der Waals surface area contributed by atoms with E-state index in [9.17, 15) is 14.4 Å². The number of amides is 1. The molecule has 3 aromatic carbocycles. The normalized spacial score (nSPS) is 12.1. The lowest BCUT2D eigenvalue weighted by Gasteiger charge is -2.21. The fourth-order valence-electron chi connectivity index (χ4n) is 4.22. The lowest BCUT2D eigenvalue weighted by atomic mass is 10.0. The molecule has 4 aromatic rings. The first kappa shape index (κ1) is 24.2. The molecule has 0 aliphatic carbocycles. The van der Waals surface area contributed by atoms with Crippen LogP contribution in [-0.2, 0) is 27.4 Å². The zero-order valence-electron chi connectivity index (χ0n) is 20.4. The number of esters is 1. The van der Waals surface area contributed by atoms with E-state index in [-0.39, 0.29) is 24.9 Å². The van der Waals surface area contributed by atoms with Gasteiger partial charge in [-0.15, -0.1) is 0 Å². The first-order chi connectivity index (χ1) is 16.7. The molecule has 6 nitrogen and oxygen atoms in total. The van der Waals surface area contributed by atoms with Gasteiger partial charge in [0.1, 0.15) is 18.2 Å². The van der Waals surface area contributed by atoms with E-state index in [0.29, 0.717) is 11.1 Å². The van der Waals surface area contributed by atoms with E-state index in [1.54, 1.807) is 0 Å². The Morgan fingerprint density at radius 2 is 1.69 bits per heavy atom. The van der Waals surface area contributed by atoms with E-state index >= 15 is 0 Å². The lowest BCUT2D eigenvalue weighted by molar-refractivity contribution is -0.150. The fraction of sp³-hybridized carbons (Fsp3) is 0.276. The van der Waals surface area contributed by atoms with Crippen LogP contribution in [-0.4, -0.2) is 17.9 Å². The summed E-state index contributed by atoms with van der Waals surface area (Å²) in [6, 6.07) is 18.0. The molecule has 0 aliphatic heterocycles. The van der Waals surface area contributed by atoms with Gasteiger partial charge in [0.15, 0.2) is 0 Å². The molecule has 0 aliphatic rings. The van der Waals surface area contributed by atoms with Crippen molar-refractivity contribution in [3.05, 3.63) is 93.3 Å². The van der Waals surface area contributed by atoms with Gasteiger partial charge in [0.2, 0.25) is 5.91 Å². The Balaban J connectivity index is 1.48. The quantitative estimate of drug-likeness (QED) is 0.303. The molecule has 0 radical (unpaired) electrons. The number of aryl methyl sites for hydroxylation is 2. The first-order valence-corrected chi connectivity index (χ1v) is 11.7. The Labute approximate surface area is 203 Å². The number of ether oxygens (including phenoxy) is 1. The minimum atomic E-state index is -0.812. The standard InChI is InChI=1S/C29H29NO5/c1-17(2)27(30-25(31)14-21-10-7-9-20-8-5-6-11-23(20)21)29(33)34-16-22-15-26(32)35-28-19(4)18(3)12-13-24(22)28/h5-13,15,17,27H,14,16H2,1-4H3,(H,30,31)/t27-/m0/s1. The largest absolute Gasteiger partial charge is 0.459 e. The summed E-state index contributed by atoms with van der Waals surface area (Å²) < 4.78 is 11.0. The molecule has 1 heterocycles. The highest BCUT2D eigenvalue weighted by molar-refractivity contribution is 5.92. The van der Waals surface area contributed by atoms with E-state index < -0.39 is 17.6 Å². The topological polar surface area (TPSA) is 85.6 Å². The van der Waals surface area contributed by atoms with Gasteiger partial charge in [0, 0.05) is 17.0 Å². The monoisotopic (exact) mass is 471 g/mol. The summed E-state index contributed by atoms with van der Waals surface area (Å²) in [6.07, 6.45) is 0.154. The van der Waals surface area contributed by atoms with E-state index in [0.717, 1.165) is 32.8 Å². The molecule has 1 atom stereocenters. The van der Waals surface area contributed by atoms with E-state index in [1.807, 2.05) is 82.3 Å². The van der Waals surface area contributed by atoms with Gasteiger partial charge in [-0.2, -0.15) is 0 Å². The van der Waals surface area contributed by atoms with Crippen LogP contribution in [0.2, 0.25) is 0 Å². The summed E-state index contributed by atoms with van der Waals surface area (Å²) in [5, 5.41) is 5.63. The van der Waals surface area contributed by atoms with Gasteiger partial charge in [-0.05, 0) is 47.2 Å². The van der Waals surface area contributed by atoms with Crippen molar-refractivity contribution in [1.82, 2.24) is 5.32 Å². The molecule has 1 N–H and O–H groups in total. The second-order valence-corrected chi connectivity index (χ2v) is 9.19. The van der Waals surface area contributed by atoms with Crippen molar-refractivity contribution in [2.45, 2.75) is 46.8 Å². The van der Waals surface area contributed by atoms with Crippen molar-refractivity contribution < 1.29 is 18.7 Å². The van der Waals surface area contributed by atoms with E-state index in [4.69, 9.17) is 9.15 Å². The molecule has 1 aromatic heterocycles. The average molecular weight is 472 g/mol. The Hall–Kier alpha value is -3.93. The Kier molecular flexibility index (Phi) is 7.01. The zero-order valence-corrected chi connectivity index (χ0v) is 20.4. The van der Waals surface area contributed by atoms with E-state index in [2.05, 4.69) is 5.32 Å². The number of rotatable bonds is 7. The van der Waals surface area contributed by atoms with Crippen LogP contribution in [0.1, 0.15) is 36.1 Å². The summed E-state index contributed by atoms with van der Waals surface area (Å²) in [4.78, 5) is 37.9. The third-order valence-electron chi connectivity index (χ3n) is 6.36. The second kappa shape index (κ2) is 10.1. The van der Waals surface area contributed by atoms with Crippen LogP contribution in [0.3, 0.4) is 0 Å². The van der Waals surface area contributed by atoms with Crippen LogP contribution in [0.15, 0.2) is 69.9 Å². The SMILES string of the molecule is Cc1ccc2c(COC(=O)[C@@H](NC(=O)Cc3cccc4ccccc34)C(C)C)cc(=O)oc2c1C. The van der Waals surface area contributed by atoms with Gasteiger partial charge in [-0.25, -0.2) is 9.59 Å². The number of carbonyl (C=O) groups excluding carboxylic acids is 2. The molecule has 0 saturated carbocycles. The molecule has 6 heteroatoms. The maximum absolute atomic E-state index is 13.0. The van der Waals surface area contributed by atoms with Crippen LogP contribution in [0.5, 0.6) is 0 Å². The van der Waals surface area contributed by atoms with Crippen molar-refractivity contribution in [3.63, 3.8) is 0 Å². The Morgan fingerprint density at radius 1 is 0.943 bits per heavy atom. The van der Waals surface area contributed by atoms with Crippen molar-refractivity contribution in [2.24, 2.45) is 5.92 Å². The van der Waals surface area contributed by atoms with Gasteiger partial charge in [0.25, 0.3) is 0 Å². The summed E-state index contributed by atoms with van der Waals surface area (Å²) in [5.41, 5.74) is 3.33. The number of benzene rings is 3. The van der Waals surface area contributed by atoms with Gasteiger partial charge < -0.3 is 14.5 Å². The average Bonchev–Trinajstić information content (AvgIpc) is 2.83. The number of carbonyl (C=O) groups is 2. The van der Waals surface area contributed by atoms with Crippen LogP contribution < -0.4 is 10.9 Å². The van der Waals surface area contributed by atoms with Gasteiger partial charge in [-0.1, -0.05) is 68.4 Å². The van der Waals surface area contributed by atoms with Crippen LogP contribution in [0.4, 0.5) is 0 Å². The highest BCUT2D eigenvalue weighted by Crippen LogP contribution is 2.24. The molecule has 35 heavy (non-hydrogen) atoms. The van der Waals surface area contributed by atoms with Crippen molar-refractivity contribution in [3.8, 4) is 0 Å². The van der Waals surface area contributed by atoms with Crippen molar-refractivity contribution >= 4 is 33.6 Å². The maximum Gasteiger partial charge on any atom is 0.336 e. The number of nitrogens with one attached hydrogen (secondary N) is 1. The molecular formula is C29H29NO5. The summed E-state index contributed by atoms with van der Waals surface area (Å²) in [5.74, 6) is -0.980. The smallest absolute Gasteiger partial charge is 0.336 e. The van der Waals surface area contributed by atoms with E-state index in [1.165, 1.54) is 6.07 Å². The van der Waals surface area contributed by atoms with Crippen LogP contribution >= 0.6 is 0 Å². The first-order valence-electron chi connectivity index (χ1n) is 11.7. The summed E-state index contributed by atoms with van der Waals surface area (Å²) in [7, 11) is 0. The molecule has 0 bridgehead atoms. The Bertz CT molecular complexity index is 1460. The third kappa shape index (κ3) is 5.27. The summed E-state index contributed by atoms with van der Waals surface area (Å²) in [6.45, 7) is 7.43. The molecule has 0 spiro atoms. The molecule has 0 unspecified atom stereocenters. The molecule has 180 valence electrons. The number of hydrogen-bond acceptors (Lipinski definition) is 5. The molecule has 0 fully saturated rings. The minimum Gasteiger partial charge on any atom is -0.459 e. The number of fused-ring (bicyclic) bond motifs is 2. The van der Waals surface area contributed by atoms with Gasteiger partial charge in [0.05, 0.1) is 6.42 Å². The predicted octanol–water partition coefficient (Wildman–Crippen LogP) is 4.99. The number of hydrogen-bond donors (Lipinski definition) is 1. The molecule has 4 rings (SSSR count). The van der Waals surface area contributed by atoms with Crippen LogP contribution in [0, 0.1) is 19.8 Å². The summed E-state index contributed by atoms with van der Waals surface area (Å²) >= 11 is 0. The van der Waals surface area contributed by atoms with Crippen molar-refractivity contribution in [2.75, 3.05) is 0 Å². The highest BCUT2D eigenvalue weighted by atomic mass is 16.5. The third-order valence-corrected chi connectivity index (χ3v) is 6.36. The van der Waals surface area contributed by atoms with Crippen molar-refractivity contribution in [1.29, 1.82) is 0 Å². The molecule has 1 amide bonds. The van der Waals surface area contributed by atoms with Gasteiger partial charge in [-0.3, -0.25) is 4.79 Å². The second-order valence-electron chi connectivity index (χ2n) is 9.19. The Morgan fingerprint density at radius 3 is 2.46 bits per heavy atom. The highest BCUT2D eigenvalue weighted by Gasteiger charge is 2.26. The fourth-order valence-corrected chi connectivity index (χ4v) is 4.22. The van der Waals surface area contributed by atoms with Crippen LogP contribution in [0.25, 0.3) is 21.7 Å². The minimum absolute atomic E-state index is 0.0914.